The van der Waals surface area contributed by atoms with Crippen molar-refractivity contribution in [2.24, 2.45) is 0 Å². The van der Waals surface area contributed by atoms with E-state index in [9.17, 15) is 9.90 Å². The van der Waals surface area contributed by atoms with Gasteiger partial charge in [0.1, 0.15) is 10.9 Å². The molecule has 3 nitrogen and oxygen atoms in total. The number of halogens is 3. The monoisotopic (exact) mass is 421 g/mol. The number of benzene rings is 2. The number of pyridine rings is 1. The smallest absolute Gasteiger partial charge is 0.189 e. The number of ketones is 1. The van der Waals surface area contributed by atoms with Gasteiger partial charge in [-0.2, -0.15) is 0 Å². The predicted octanol–water partition coefficient (Wildman–Crippen LogP) is 5.91. The summed E-state index contributed by atoms with van der Waals surface area (Å²) in [6.07, 6.45) is 2.90. The Morgan fingerprint density at radius 2 is 1.92 bits per heavy atom. The number of carbonyl (C=O) groups is 1. The Hall–Kier alpha value is -1.88. The summed E-state index contributed by atoms with van der Waals surface area (Å²) in [6.45, 7) is 0. The van der Waals surface area contributed by atoms with Crippen LogP contribution >= 0.6 is 39.1 Å². The van der Waals surface area contributed by atoms with Crippen molar-refractivity contribution in [2.75, 3.05) is 0 Å². The van der Waals surface area contributed by atoms with Gasteiger partial charge >= 0.3 is 0 Å². The van der Waals surface area contributed by atoms with E-state index >= 15 is 0 Å². The highest BCUT2D eigenvalue weighted by atomic mass is 79.9. The zero-order valence-electron chi connectivity index (χ0n) is 12.1. The summed E-state index contributed by atoms with van der Waals surface area (Å²) in [6, 6.07) is 12.4. The van der Waals surface area contributed by atoms with Crippen molar-refractivity contribution < 1.29 is 9.90 Å². The molecule has 0 fully saturated rings. The molecule has 0 aliphatic heterocycles. The fraction of sp³-hybridized carbons (Fsp3) is 0. The van der Waals surface area contributed by atoms with E-state index in [-0.39, 0.29) is 22.1 Å². The average molecular weight is 423 g/mol. The molecule has 1 aromatic heterocycles. The Balaban J connectivity index is 1.96. The maximum Gasteiger partial charge on any atom is 0.189 e. The number of aromatic nitrogens is 1. The summed E-state index contributed by atoms with van der Waals surface area (Å²) in [5, 5.41) is 11.3. The molecule has 0 radical (unpaired) electrons. The van der Waals surface area contributed by atoms with Crippen LogP contribution in [0.5, 0.6) is 5.75 Å². The van der Waals surface area contributed by atoms with Gasteiger partial charge in [-0.1, -0.05) is 57.3 Å². The van der Waals surface area contributed by atoms with Crippen LogP contribution in [0, 0.1) is 0 Å². The van der Waals surface area contributed by atoms with Gasteiger partial charge in [-0.05, 0) is 36.4 Å². The van der Waals surface area contributed by atoms with Crippen molar-refractivity contribution in [1.29, 1.82) is 0 Å². The second-order valence-electron chi connectivity index (χ2n) is 5.04. The minimum Gasteiger partial charge on any atom is -0.506 e. The first-order valence-corrected chi connectivity index (χ1v) is 8.46. The Morgan fingerprint density at radius 1 is 1.17 bits per heavy atom. The van der Waals surface area contributed by atoms with Gasteiger partial charge in [0.2, 0.25) is 0 Å². The average Bonchev–Trinajstić information content (AvgIpc) is 2.55. The van der Waals surface area contributed by atoms with E-state index in [4.69, 9.17) is 23.2 Å². The highest BCUT2D eigenvalue weighted by molar-refractivity contribution is 9.10. The Labute approximate surface area is 156 Å². The zero-order chi connectivity index (χ0) is 17.3. The number of rotatable bonds is 3. The summed E-state index contributed by atoms with van der Waals surface area (Å²) >= 11 is 15.3. The van der Waals surface area contributed by atoms with Gasteiger partial charge in [-0.25, -0.2) is 4.98 Å². The lowest BCUT2D eigenvalue weighted by atomic mass is 10.1. The number of aromatic hydroxyl groups is 1. The van der Waals surface area contributed by atoms with Crippen LogP contribution in [0.15, 0.2) is 53.0 Å². The molecule has 0 spiro atoms. The fourth-order valence-electron chi connectivity index (χ4n) is 2.23. The number of phenols is 1. The molecule has 0 aliphatic carbocycles. The minimum atomic E-state index is -0.389. The second kappa shape index (κ2) is 6.93. The number of carbonyl (C=O) groups excluding carboxylic acids is 1. The summed E-state index contributed by atoms with van der Waals surface area (Å²) in [5.74, 6) is -0.642. The van der Waals surface area contributed by atoms with Gasteiger partial charge in [0.05, 0.1) is 16.1 Å². The topological polar surface area (TPSA) is 50.2 Å². The van der Waals surface area contributed by atoms with Crippen molar-refractivity contribution in [3.63, 3.8) is 0 Å². The predicted molar refractivity (Wildman–Crippen MR) is 101 cm³/mol. The third kappa shape index (κ3) is 3.46. The molecular formula is C18H10BrCl2NO2. The number of para-hydroxylation sites is 1. The summed E-state index contributed by atoms with van der Waals surface area (Å²) in [5.41, 5.74) is 1.50. The summed E-state index contributed by atoms with van der Waals surface area (Å²) < 4.78 is 0.604. The van der Waals surface area contributed by atoms with Crippen LogP contribution in [-0.2, 0) is 0 Å². The van der Waals surface area contributed by atoms with Crippen molar-refractivity contribution in [3.05, 3.63) is 74.3 Å². The molecule has 0 aliphatic rings. The normalized spacial score (nSPS) is 11.3. The van der Waals surface area contributed by atoms with Crippen molar-refractivity contribution in [1.82, 2.24) is 4.98 Å². The van der Waals surface area contributed by atoms with E-state index in [1.165, 1.54) is 18.2 Å². The Bertz CT molecular complexity index is 986. The number of allylic oxidation sites excluding steroid dienone is 1. The highest BCUT2D eigenvalue weighted by Crippen LogP contribution is 2.32. The highest BCUT2D eigenvalue weighted by Gasteiger charge is 2.13. The molecule has 0 saturated carbocycles. The molecule has 0 atom stereocenters. The molecule has 1 heterocycles. The molecular weight excluding hydrogens is 413 g/mol. The lowest BCUT2D eigenvalue weighted by Gasteiger charge is -2.04. The first-order chi connectivity index (χ1) is 11.5. The van der Waals surface area contributed by atoms with Crippen molar-refractivity contribution >= 4 is 61.9 Å². The number of hydrogen-bond donors (Lipinski definition) is 1. The van der Waals surface area contributed by atoms with Crippen LogP contribution in [0.2, 0.25) is 10.2 Å². The van der Waals surface area contributed by atoms with E-state index in [1.54, 1.807) is 6.08 Å². The molecule has 0 amide bonds. The third-order valence-electron chi connectivity index (χ3n) is 3.41. The van der Waals surface area contributed by atoms with Crippen LogP contribution in [-0.4, -0.2) is 15.9 Å². The van der Waals surface area contributed by atoms with Crippen molar-refractivity contribution in [2.45, 2.75) is 0 Å². The van der Waals surface area contributed by atoms with E-state index < -0.39 is 0 Å². The molecule has 120 valence electrons. The quantitative estimate of drug-likeness (QED) is 0.324. The fourth-order valence-corrected chi connectivity index (χ4v) is 3.25. The Kier molecular flexibility index (Phi) is 4.90. The minimum absolute atomic E-state index is 0.103. The molecule has 0 unspecified atom stereocenters. The summed E-state index contributed by atoms with van der Waals surface area (Å²) in [4.78, 5) is 16.6. The van der Waals surface area contributed by atoms with Crippen LogP contribution in [0.4, 0.5) is 0 Å². The van der Waals surface area contributed by atoms with Crippen LogP contribution < -0.4 is 0 Å². The molecule has 24 heavy (non-hydrogen) atoms. The van der Waals surface area contributed by atoms with E-state index in [2.05, 4.69) is 20.9 Å². The van der Waals surface area contributed by atoms with Crippen LogP contribution in [0.3, 0.4) is 0 Å². The SMILES string of the molecule is O=C(/C=C/c1cc2ccccc2nc1Cl)c1cc(Br)cc(Cl)c1O. The van der Waals surface area contributed by atoms with Gasteiger partial charge in [0, 0.05) is 15.4 Å². The second-order valence-corrected chi connectivity index (χ2v) is 6.72. The maximum atomic E-state index is 12.3. The number of phenolic OH excluding ortho intramolecular Hbond substituents is 1. The van der Waals surface area contributed by atoms with Gasteiger partial charge in [-0.3, -0.25) is 4.79 Å². The summed E-state index contributed by atoms with van der Waals surface area (Å²) in [7, 11) is 0. The Morgan fingerprint density at radius 3 is 2.71 bits per heavy atom. The molecule has 3 aromatic rings. The van der Waals surface area contributed by atoms with Gasteiger partial charge in [0.25, 0.3) is 0 Å². The first kappa shape index (κ1) is 17.0. The van der Waals surface area contributed by atoms with Gasteiger partial charge in [-0.15, -0.1) is 0 Å². The van der Waals surface area contributed by atoms with E-state index in [0.29, 0.717) is 15.2 Å². The molecule has 0 bridgehead atoms. The largest absolute Gasteiger partial charge is 0.506 e. The maximum absolute atomic E-state index is 12.3. The molecule has 6 heteroatoms. The van der Waals surface area contributed by atoms with Crippen molar-refractivity contribution in [3.8, 4) is 5.75 Å². The van der Waals surface area contributed by atoms with Crippen LogP contribution in [0.1, 0.15) is 15.9 Å². The molecule has 3 rings (SSSR count). The molecule has 1 N–H and O–H groups in total. The number of fused-ring (bicyclic) bond motifs is 1. The zero-order valence-corrected chi connectivity index (χ0v) is 15.2. The van der Waals surface area contributed by atoms with E-state index in [1.807, 2.05) is 30.3 Å². The van der Waals surface area contributed by atoms with Crippen LogP contribution in [0.25, 0.3) is 17.0 Å². The molecule has 2 aromatic carbocycles. The third-order valence-corrected chi connectivity index (χ3v) is 4.46. The number of nitrogens with zero attached hydrogens (tertiary/aromatic N) is 1. The van der Waals surface area contributed by atoms with E-state index in [0.717, 1.165) is 10.9 Å². The lowest BCUT2D eigenvalue weighted by molar-refractivity contribution is 0.104. The van der Waals surface area contributed by atoms with Gasteiger partial charge in [0.15, 0.2) is 5.78 Å². The molecule has 0 saturated heterocycles. The van der Waals surface area contributed by atoms with Gasteiger partial charge < -0.3 is 5.11 Å². The first-order valence-electron chi connectivity index (χ1n) is 6.91. The number of hydrogen-bond acceptors (Lipinski definition) is 3. The lowest BCUT2D eigenvalue weighted by Crippen LogP contribution is -1.96. The standard InChI is InChI=1S/C18H10BrCl2NO2/c19-12-8-13(17(24)14(20)9-12)16(23)6-5-11-7-10-3-1-2-4-15(10)22-18(11)21/h1-9,24H/b6-5+.